The Hall–Kier alpha value is -2.62. The minimum atomic E-state index is -3.26. The number of aryl methyl sites for hydroxylation is 1. The van der Waals surface area contributed by atoms with Crippen LogP contribution in [0.5, 0.6) is 0 Å². The first-order chi connectivity index (χ1) is 12.3. The molecule has 6 heteroatoms. The van der Waals surface area contributed by atoms with E-state index in [0.29, 0.717) is 18.8 Å². The van der Waals surface area contributed by atoms with E-state index in [4.69, 9.17) is 6.42 Å². The monoisotopic (exact) mass is 370 g/mol. The molecular formula is C20H22N2O3S. The Morgan fingerprint density at radius 2 is 1.73 bits per heavy atom. The normalized spacial score (nSPS) is 11.2. The van der Waals surface area contributed by atoms with E-state index in [1.165, 1.54) is 17.7 Å². The van der Waals surface area contributed by atoms with Crippen LogP contribution in [-0.2, 0) is 21.2 Å². The maximum absolute atomic E-state index is 12.3. The SMILES string of the molecule is C#CCN(CC(=O)Nc1ccc(S(C)(=O)=O)cc1)Cc1ccc(C)cc1. The summed E-state index contributed by atoms with van der Waals surface area (Å²) in [5.74, 6) is 2.36. The van der Waals surface area contributed by atoms with Gasteiger partial charge in [-0.15, -0.1) is 6.42 Å². The Balaban J connectivity index is 1.98. The van der Waals surface area contributed by atoms with Crippen molar-refractivity contribution >= 4 is 21.4 Å². The number of benzene rings is 2. The number of nitrogens with zero attached hydrogens (tertiary/aromatic N) is 1. The lowest BCUT2D eigenvalue weighted by molar-refractivity contribution is -0.117. The minimum Gasteiger partial charge on any atom is -0.325 e. The lowest BCUT2D eigenvalue weighted by atomic mass is 10.1. The molecular weight excluding hydrogens is 348 g/mol. The van der Waals surface area contributed by atoms with E-state index >= 15 is 0 Å². The van der Waals surface area contributed by atoms with Crippen molar-refractivity contribution in [3.8, 4) is 12.3 Å². The van der Waals surface area contributed by atoms with Crippen LogP contribution in [-0.4, -0.2) is 38.6 Å². The first-order valence-corrected chi connectivity index (χ1v) is 9.98. The zero-order valence-corrected chi connectivity index (χ0v) is 15.7. The molecule has 0 aliphatic rings. The summed E-state index contributed by atoms with van der Waals surface area (Å²) >= 11 is 0. The Morgan fingerprint density at radius 1 is 1.12 bits per heavy atom. The molecule has 0 unspecified atom stereocenters. The predicted molar refractivity (Wildman–Crippen MR) is 103 cm³/mol. The van der Waals surface area contributed by atoms with Crippen molar-refractivity contribution in [2.45, 2.75) is 18.4 Å². The number of rotatable bonds is 7. The molecule has 0 saturated carbocycles. The van der Waals surface area contributed by atoms with Gasteiger partial charge in [0.1, 0.15) is 0 Å². The third-order valence-corrected chi connectivity index (χ3v) is 4.90. The van der Waals surface area contributed by atoms with E-state index in [9.17, 15) is 13.2 Å². The highest BCUT2D eigenvalue weighted by atomic mass is 32.2. The Bertz CT molecular complexity index is 896. The van der Waals surface area contributed by atoms with Crippen LogP contribution in [0.15, 0.2) is 53.4 Å². The summed E-state index contributed by atoms with van der Waals surface area (Å²) in [5.41, 5.74) is 2.79. The highest BCUT2D eigenvalue weighted by Crippen LogP contribution is 2.14. The minimum absolute atomic E-state index is 0.145. The average Bonchev–Trinajstić information content (AvgIpc) is 2.57. The molecule has 0 bridgehead atoms. The van der Waals surface area contributed by atoms with Gasteiger partial charge in [-0.2, -0.15) is 0 Å². The molecule has 0 spiro atoms. The molecule has 2 aromatic carbocycles. The first kappa shape index (κ1) is 19.7. The molecule has 26 heavy (non-hydrogen) atoms. The summed E-state index contributed by atoms with van der Waals surface area (Å²) in [6.45, 7) is 3.09. The molecule has 0 radical (unpaired) electrons. The van der Waals surface area contributed by atoms with Gasteiger partial charge in [0.2, 0.25) is 5.91 Å². The van der Waals surface area contributed by atoms with Crippen LogP contribution in [0.4, 0.5) is 5.69 Å². The van der Waals surface area contributed by atoms with E-state index in [-0.39, 0.29) is 17.3 Å². The van der Waals surface area contributed by atoms with Gasteiger partial charge in [0.25, 0.3) is 0 Å². The maximum Gasteiger partial charge on any atom is 0.238 e. The Labute approximate surface area is 155 Å². The second kappa shape index (κ2) is 8.65. The molecule has 1 N–H and O–H groups in total. The average molecular weight is 370 g/mol. The maximum atomic E-state index is 12.3. The molecule has 0 atom stereocenters. The van der Waals surface area contributed by atoms with Gasteiger partial charge in [-0.25, -0.2) is 8.42 Å². The van der Waals surface area contributed by atoms with E-state index in [1.54, 1.807) is 12.1 Å². The molecule has 0 aromatic heterocycles. The number of amides is 1. The van der Waals surface area contributed by atoms with E-state index < -0.39 is 9.84 Å². The van der Waals surface area contributed by atoms with Crippen LogP contribution in [0.1, 0.15) is 11.1 Å². The number of hydrogen-bond acceptors (Lipinski definition) is 4. The van der Waals surface area contributed by atoms with Gasteiger partial charge in [0, 0.05) is 18.5 Å². The van der Waals surface area contributed by atoms with Gasteiger partial charge in [-0.1, -0.05) is 35.7 Å². The Morgan fingerprint density at radius 3 is 2.27 bits per heavy atom. The second-order valence-corrected chi connectivity index (χ2v) is 8.20. The fourth-order valence-corrected chi connectivity index (χ4v) is 3.07. The first-order valence-electron chi connectivity index (χ1n) is 8.09. The van der Waals surface area contributed by atoms with Gasteiger partial charge >= 0.3 is 0 Å². The lowest BCUT2D eigenvalue weighted by Gasteiger charge is -2.19. The van der Waals surface area contributed by atoms with Gasteiger partial charge in [-0.05, 0) is 36.8 Å². The number of sulfone groups is 1. The molecule has 136 valence electrons. The number of nitrogens with one attached hydrogen (secondary N) is 1. The van der Waals surface area contributed by atoms with E-state index in [0.717, 1.165) is 11.8 Å². The molecule has 1 amide bonds. The van der Waals surface area contributed by atoms with Crippen molar-refractivity contribution in [2.75, 3.05) is 24.7 Å². The summed E-state index contributed by atoms with van der Waals surface area (Å²) in [5, 5.41) is 2.76. The molecule has 0 saturated heterocycles. The second-order valence-electron chi connectivity index (χ2n) is 6.18. The molecule has 0 aliphatic carbocycles. The van der Waals surface area contributed by atoms with Crippen molar-refractivity contribution in [1.29, 1.82) is 0 Å². The highest BCUT2D eigenvalue weighted by Gasteiger charge is 2.12. The lowest BCUT2D eigenvalue weighted by Crippen LogP contribution is -2.33. The number of anilines is 1. The summed E-state index contributed by atoms with van der Waals surface area (Å²) in [7, 11) is -3.26. The standard InChI is InChI=1S/C20H22N2O3S/c1-4-13-22(14-17-7-5-16(2)6-8-17)15-20(23)21-18-9-11-19(12-10-18)26(3,24)25/h1,5-12H,13-15H2,2-3H3,(H,21,23). The van der Waals surface area contributed by atoms with Gasteiger partial charge < -0.3 is 5.32 Å². The van der Waals surface area contributed by atoms with Gasteiger partial charge in [0.05, 0.1) is 18.0 Å². The molecule has 0 fully saturated rings. The summed E-state index contributed by atoms with van der Waals surface area (Å²) in [6, 6.07) is 14.1. The van der Waals surface area contributed by atoms with Crippen LogP contribution in [0.25, 0.3) is 0 Å². The highest BCUT2D eigenvalue weighted by molar-refractivity contribution is 7.90. The zero-order chi connectivity index (χ0) is 19.2. The van der Waals surface area contributed by atoms with Crippen molar-refractivity contribution in [2.24, 2.45) is 0 Å². The van der Waals surface area contributed by atoms with E-state index in [2.05, 4.69) is 11.2 Å². The van der Waals surface area contributed by atoms with Crippen LogP contribution < -0.4 is 5.32 Å². The largest absolute Gasteiger partial charge is 0.325 e. The fraction of sp³-hybridized carbons (Fsp3) is 0.250. The summed E-state index contributed by atoms with van der Waals surface area (Å²) < 4.78 is 22.9. The summed E-state index contributed by atoms with van der Waals surface area (Å²) in [6.07, 6.45) is 6.55. The predicted octanol–water partition coefficient (Wildman–Crippen LogP) is 2.47. The molecule has 5 nitrogen and oxygen atoms in total. The van der Waals surface area contributed by atoms with Crippen molar-refractivity contribution < 1.29 is 13.2 Å². The quantitative estimate of drug-likeness (QED) is 0.761. The van der Waals surface area contributed by atoms with Crippen LogP contribution in [0.2, 0.25) is 0 Å². The van der Waals surface area contributed by atoms with Gasteiger partial charge in [0.15, 0.2) is 9.84 Å². The molecule has 0 aliphatic heterocycles. The number of carbonyl (C=O) groups excluding carboxylic acids is 1. The topological polar surface area (TPSA) is 66.5 Å². The molecule has 2 rings (SSSR count). The van der Waals surface area contributed by atoms with Crippen molar-refractivity contribution in [3.63, 3.8) is 0 Å². The third kappa shape index (κ3) is 6.03. The molecule has 0 heterocycles. The van der Waals surface area contributed by atoms with Crippen molar-refractivity contribution in [1.82, 2.24) is 4.90 Å². The van der Waals surface area contributed by atoms with Crippen LogP contribution >= 0.6 is 0 Å². The Kier molecular flexibility index (Phi) is 6.56. The zero-order valence-electron chi connectivity index (χ0n) is 14.9. The van der Waals surface area contributed by atoms with Crippen LogP contribution in [0, 0.1) is 19.3 Å². The fourth-order valence-electron chi connectivity index (χ4n) is 2.44. The number of hydrogen-bond donors (Lipinski definition) is 1. The number of carbonyl (C=O) groups is 1. The number of terminal acetylenes is 1. The van der Waals surface area contributed by atoms with Gasteiger partial charge in [-0.3, -0.25) is 9.69 Å². The smallest absolute Gasteiger partial charge is 0.238 e. The third-order valence-electron chi connectivity index (χ3n) is 3.78. The van der Waals surface area contributed by atoms with E-state index in [1.807, 2.05) is 36.1 Å². The summed E-state index contributed by atoms with van der Waals surface area (Å²) in [4.78, 5) is 14.4. The molecule has 2 aromatic rings. The van der Waals surface area contributed by atoms with Crippen molar-refractivity contribution in [3.05, 3.63) is 59.7 Å². The van der Waals surface area contributed by atoms with Crippen LogP contribution in [0.3, 0.4) is 0 Å².